The lowest BCUT2D eigenvalue weighted by atomic mass is 10.1. The Hall–Kier alpha value is -0.750. The van der Waals surface area contributed by atoms with Crippen molar-refractivity contribution in [3.8, 4) is 0 Å². The van der Waals surface area contributed by atoms with Gasteiger partial charge in [-0.05, 0) is 13.2 Å². The number of carbonyl (C=O) groups is 2. The molecule has 0 aromatic carbocycles. The number of aliphatic carboxylic acids is 1. The first-order valence-corrected chi connectivity index (χ1v) is 6.47. The van der Waals surface area contributed by atoms with Gasteiger partial charge in [0.15, 0.2) is 0 Å². The minimum absolute atomic E-state index is 0.0463. The first-order valence-electron chi connectivity index (χ1n) is 5.07. The lowest BCUT2D eigenvalue weighted by Gasteiger charge is -2.28. The van der Waals surface area contributed by atoms with Gasteiger partial charge in [0.1, 0.15) is 0 Å². The van der Waals surface area contributed by atoms with Gasteiger partial charge in [-0.2, -0.15) is 11.8 Å². The van der Waals surface area contributed by atoms with Gasteiger partial charge in [0.2, 0.25) is 5.91 Å². The Morgan fingerprint density at radius 1 is 1.69 bits per heavy atom. The zero-order valence-corrected chi connectivity index (χ0v) is 10.3. The number of hydrogen-bond acceptors (Lipinski definition) is 4. The summed E-state index contributed by atoms with van der Waals surface area (Å²) < 4.78 is 0. The van der Waals surface area contributed by atoms with Crippen molar-refractivity contribution >= 4 is 23.6 Å². The van der Waals surface area contributed by atoms with Crippen molar-refractivity contribution in [2.24, 2.45) is 5.92 Å². The summed E-state index contributed by atoms with van der Waals surface area (Å²) in [5.41, 5.74) is -0.956. The number of amides is 1. The van der Waals surface area contributed by atoms with Gasteiger partial charge in [0.25, 0.3) is 0 Å². The molecule has 1 heterocycles. The van der Waals surface area contributed by atoms with Gasteiger partial charge in [-0.25, -0.2) is 0 Å². The highest BCUT2D eigenvalue weighted by atomic mass is 32.2. The maximum Gasteiger partial charge on any atom is 0.308 e. The molecule has 1 saturated heterocycles. The van der Waals surface area contributed by atoms with Gasteiger partial charge in [0, 0.05) is 25.3 Å². The molecular weight excluding hydrogens is 230 g/mol. The van der Waals surface area contributed by atoms with E-state index in [0.29, 0.717) is 5.75 Å². The van der Waals surface area contributed by atoms with Crippen LogP contribution in [0.25, 0.3) is 0 Å². The van der Waals surface area contributed by atoms with Crippen LogP contribution in [0.2, 0.25) is 0 Å². The molecule has 0 bridgehead atoms. The minimum Gasteiger partial charge on any atom is -0.481 e. The van der Waals surface area contributed by atoms with Crippen molar-refractivity contribution in [1.82, 2.24) is 4.90 Å². The molecule has 0 saturated carbocycles. The van der Waals surface area contributed by atoms with Crippen LogP contribution >= 0.6 is 11.8 Å². The van der Waals surface area contributed by atoms with Crippen LogP contribution in [-0.2, 0) is 9.59 Å². The van der Waals surface area contributed by atoms with Crippen molar-refractivity contribution < 1.29 is 19.8 Å². The van der Waals surface area contributed by atoms with Gasteiger partial charge in [0.05, 0.1) is 11.5 Å². The molecule has 92 valence electrons. The maximum atomic E-state index is 11.5. The van der Waals surface area contributed by atoms with Crippen LogP contribution < -0.4 is 0 Å². The summed E-state index contributed by atoms with van der Waals surface area (Å²) in [6.45, 7) is 2.07. The molecule has 2 N–H and O–H groups in total. The Kier molecular flexibility index (Phi) is 4.21. The average Bonchev–Trinajstić information content (AvgIpc) is 2.47. The van der Waals surface area contributed by atoms with Gasteiger partial charge in [-0.15, -0.1) is 0 Å². The fourth-order valence-electron chi connectivity index (χ4n) is 1.86. The third kappa shape index (κ3) is 3.38. The summed E-state index contributed by atoms with van der Waals surface area (Å²) in [6, 6.07) is 0. The molecule has 2 unspecified atom stereocenters. The van der Waals surface area contributed by atoms with Gasteiger partial charge in [-0.3, -0.25) is 9.59 Å². The van der Waals surface area contributed by atoms with Crippen molar-refractivity contribution in [2.45, 2.75) is 18.9 Å². The molecule has 5 nitrogen and oxygen atoms in total. The van der Waals surface area contributed by atoms with Crippen molar-refractivity contribution in [1.29, 1.82) is 0 Å². The molecule has 1 aliphatic rings. The van der Waals surface area contributed by atoms with Crippen LogP contribution in [0.3, 0.4) is 0 Å². The number of hydrogen-bond donors (Lipinski definition) is 2. The van der Waals surface area contributed by atoms with E-state index in [1.165, 1.54) is 16.7 Å². The third-order valence-corrected chi connectivity index (χ3v) is 3.46. The molecule has 0 spiro atoms. The summed E-state index contributed by atoms with van der Waals surface area (Å²) in [7, 11) is 0. The largest absolute Gasteiger partial charge is 0.481 e. The zero-order chi connectivity index (χ0) is 12.3. The Bertz CT molecular complexity index is 293. The minimum atomic E-state index is -0.956. The van der Waals surface area contributed by atoms with Gasteiger partial charge >= 0.3 is 5.97 Å². The highest BCUT2D eigenvalue weighted by molar-refractivity contribution is 7.98. The van der Waals surface area contributed by atoms with E-state index in [1.807, 2.05) is 6.26 Å². The molecule has 2 atom stereocenters. The van der Waals surface area contributed by atoms with E-state index in [4.69, 9.17) is 5.11 Å². The van der Waals surface area contributed by atoms with E-state index in [0.717, 1.165) is 0 Å². The summed E-state index contributed by atoms with van der Waals surface area (Å²) >= 11 is 1.50. The second-order valence-electron chi connectivity index (χ2n) is 4.44. The Balaban J connectivity index is 2.56. The van der Waals surface area contributed by atoms with Crippen LogP contribution in [0.5, 0.6) is 0 Å². The van der Waals surface area contributed by atoms with Crippen LogP contribution in [0.15, 0.2) is 0 Å². The number of nitrogens with zero attached hydrogens (tertiary/aromatic N) is 1. The predicted octanol–water partition coefficient (Wildman–Crippen LogP) is 0.0335. The number of carboxylic acids is 1. The lowest BCUT2D eigenvalue weighted by molar-refractivity contribution is -0.141. The lowest BCUT2D eigenvalue weighted by Crippen LogP contribution is -2.43. The van der Waals surface area contributed by atoms with E-state index >= 15 is 0 Å². The molecule has 1 fully saturated rings. The smallest absolute Gasteiger partial charge is 0.308 e. The molecule has 0 aromatic rings. The SMILES string of the molecule is CSCC(C)(O)CN1CC(C(=O)O)CC1=O. The van der Waals surface area contributed by atoms with Crippen LogP contribution in [0.4, 0.5) is 0 Å². The summed E-state index contributed by atoms with van der Waals surface area (Å²) in [4.78, 5) is 23.7. The van der Waals surface area contributed by atoms with E-state index in [-0.39, 0.29) is 25.4 Å². The monoisotopic (exact) mass is 247 g/mol. The number of carboxylic acid groups (broad SMARTS) is 1. The summed E-state index contributed by atoms with van der Waals surface area (Å²) in [6.07, 6.45) is 1.92. The predicted molar refractivity (Wildman–Crippen MR) is 61.3 cm³/mol. The van der Waals surface area contributed by atoms with Crippen LogP contribution in [-0.4, -0.2) is 57.7 Å². The molecule has 1 amide bonds. The number of aliphatic hydroxyl groups is 1. The van der Waals surface area contributed by atoms with Crippen molar-refractivity contribution in [3.05, 3.63) is 0 Å². The van der Waals surface area contributed by atoms with Crippen molar-refractivity contribution in [3.63, 3.8) is 0 Å². The third-order valence-electron chi connectivity index (χ3n) is 2.55. The number of thioether (sulfide) groups is 1. The fourth-order valence-corrected chi connectivity index (χ4v) is 2.57. The number of rotatable bonds is 5. The van der Waals surface area contributed by atoms with Gasteiger partial charge < -0.3 is 15.1 Å². The first kappa shape index (κ1) is 13.3. The molecule has 6 heteroatoms. The highest BCUT2D eigenvalue weighted by Crippen LogP contribution is 2.21. The molecule has 16 heavy (non-hydrogen) atoms. The summed E-state index contributed by atoms with van der Waals surface area (Å²) in [5, 5.41) is 18.8. The Morgan fingerprint density at radius 3 is 2.75 bits per heavy atom. The quantitative estimate of drug-likeness (QED) is 0.717. The first-order chi connectivity index (χ1) is 7.35. The molecule has 1 aliphatic heterocycles. The van der Waals surface area contributed by atoms with E-state index in [1.54, 1.807) is 6.92 Å². The number of carbonyl (C=O) groups excluding carboxylic acids is 1. The highest BCUT2D eigenvalue weighted by Gasteiger charge is 2.37. The van der Waals surface area contributed by atoms with Crippen molar-refractivity contribution in [2.75, 3.05) is 25.1 Å². The standard InChI is InChI=1S/C10H17NO4S/c1-10(15,6-16-2)5-11-4-7(9(13)14)3-8(11)12/h7,15H,3-6H2,1-2H3,(H,13,14). The second kappa shape index (κ2) is 5.05. The van der Waals surface area contributed by atoms with E-state index in [2.05, 4.69) is 0 Å². The topological polar surface area (TPSA) is 77.8 Å². The zero-order valence-electron chi connectivity index (χ0n) is 9.47. The van der Waals surface area contributed by atoms with E-state index in [9.17, 15) is 14.7 Å². The van der Waals surface area contributed by atoms with E-state index < -0.39 is 17.5 Å². The fraction of sp³-hybridized carbons (Fsp3) is 0.800. The molecule has 0 radical (unpaired) electrons. The van der Waals surface area contributed by atoms with Crippen LogP contribution in [0, 0.1) is 5.92 Å². The van der Waals surface area contributed by atoms with Gasteiger partial charge in [-0.1, -0.05) is 0 Å². The molecular formula is C10H17NO4S. The summed E-state index contributed by atoms with van der Waals surface area (Å²) in [5.74, 6) is -1.24. The second-order valence-corrected chi connectivity index (χ2v) is 5.31. The molecule has 0 aromatic heterocycles. The molecule has 1 rings (SSSR count). The maximum absolute atomic E-state index is 11.5. The Morgan fingerprint density at radius 2 is 2.31 bits per heavy atom. The normalized spacial score (nSPS) is 24.6. The van der Waals surface area contributed by atoms with Crippen LogP contribution in [0.1, 0.15) is 13.3 Å². The Labute approximate surface area is 98.8 Å². The number of likely N-dealkylation sites (tertiary alicyclic amines) is 1. The average molecular weight is 247 g/mol. The number of β-amino-alcohol motifs (C(OH)–C–C–N with tert-alkyl or cyclic N) is 1. The molecule has 0 aliphatic carbocycles.